The van der Waals surface area contributed by atoms with E-state index in [2.05, 4.69) is 17.4 Å². The van der Waals surface area contributed by atoms with Gasteiger partial charge < -0.3 is 15.0 Å². The molecule has 1 amide bonds. The minimum absolute atomic E-state index is 0.00299. The highest BCUT2D eigenvalue weighted by atomic mass is 19.1. The van der Waals surface area contributed by atoms with Gasteiger partial charge in [0.2, 0.25) is 0 Å². The summed E-state index contributed by atoms with van der Waals surface area (Å²) in [5, 5.41) is 3.28. The molecule has 1 fully saturated rings. The van der Waals surface area contributed by atoms with Crippen LogP contribution in [-0.2, 0) is 16.0 Å². The number of amides is 1. The summed E-state index contributed by atoms with van der Waals surface area (Å²) in [5.41, 5.74) is 3.28. The van der Waals surface area contributed by atoms with E-state index in [0.29, 0.717) is 19.7 Å². The van der Waals surface area contributed by atoms with Crippen molar-refractivity contribution in [3.63, 3.8) is 0 Å². The first-order valence-electron chi connectivity index (χ1n) is 9.20. The van der Waals surface area contributed by atoms with Crippen molar-refractivity contribution in [3.8, 4) is 0 Å². The van der Waals surface area contributed by atoms with E-state index in [1.54, 1.807) is 12.1 Å². The van der Waals surface area contributed by atoms with Crippen molar-refractivity contribution >= 4 is 5.91 Å². The van der Waals surface area contributed by atoms with Gasteiger partial charge in [0.15, 0.2) is 0 Å². The number of nitrogens with one attached hydrogen (secondary N) is 1. The highest BCUT2D eigenvalue weighted by molar-refractivity contribution is 5.82. The maximum Gasteiger partial charge on any atom is 0.253 e. The van der Waals surface area contributed by atoms with Gasteiger partial charge in [-0.2, -0.15) is 0 Å². The van der Waals surface area contributed by atoms with Gasteiger partial charge in [-0.05, 0) is 48.2 Å². The second kappa shape index (κ2) is 7.56. The van der Waals surface area contributed by atoms with Crippen molar-refractivity contribution in [2.45, 2.75) is 25.0 Å². The highest BCUT2D eigenvalue weighted by Gasteiger charge is 2.35. The normalized spacial score (nSPS) is 23.2. The molecule has 26 heavy (non-hydrogen) atoms. The number of halogens is 1. The summed E-state index contributed by atoms with van der Waals surface area (Å²) >= 11 is 0. The Morgan fingerprint density at radius 2 is 1.96 bits per heavy atom. The number of benzene rings is 2. The van der Waals surface area contributed by atoms with Crippen LogP contribution in [0.25, 0.3) is 0 Å². The molecule has 0 aromatic heterocycles. The molecule has 0 radical (unpaired) electrons. The van der Waals surface area contributed by atoms with Crippen LogP contribution in [-0.4, -0.2) is 43.2 Å². The van der Waals surface area contributed by atoms with Gasteiger partial charge >= 0.3 is 0 Å². The molecule has 0 saturated carbocycles. The van der Waals surface area contributed by atoms with Gasteiger partial charge in [0.05, 0.1) is 6.04 Å². The lowest BCUT2D eigenvalue weighted by Crippen LogP contribution is -2.48. The first-order chi connectivity index (χ1) is 12.7. The lowest BCUT2D eigenvalue weighted by molar-refractivity contribution is -0.145. The van der Waals surface area contributed by atoms with Gasteiger partial charge in [-0.3, -0.25) is 4.79 Å². The smallest absolute Gasteiger partial charge is 0.253 e. The van der Waals surface area contributed by atoms with E-state index in [9.17, 15) is 9.18 Å². The second-order valence-corrected chi connectivity index (χ2v) is 6.85. The number of fused-ring (bicyclic) bond motifs is 1. The number of carbonyl (C=O) groups is 1. The minimum atomic E-state index is -0.467. The molecule has 5 heteroatoms. The van der Waals surface area contributed by atoms with Gasteiger partial charge in [-0.25, -0.2) is 4.39 Å². The molecule has 4 rings (SSSR count). The highest BCUT2D eigenvalue weighted by Crippen LogP contribution is 2.35. The molecule has 0 aliphatic carbocycles. The van der Waals surface area contributed by atoms with E-state index in [1.807, 2.05) is 17.0 Å². The SMILES string of the molecule is O=C([C@@H]1CNCCCO1)N1CCc2ccccc2[C@@H]1c1ccc(F)cc1. The molecule has 0 unspecified atom stereocenters. The summed E-state index contributed by atoms with van der Waals surface area (Å²) in [7, 11) is 0. The van der Waals surface area contributed by atoms with E-state index in [1.165, 1.54) is 17.7 Å². The third-order valence-corrected chi connectivity index (χ3v) is 5.17. The zero-order valence-electron chi connectivity index (χ0n) is 14.7. The standard InChI is InChI=1S/C21H23FN2O2/c22-17-8-6-16(7-9-17)20-18-5-2-1-4-15(18)10-12-24(20)21(25)19-14-23-11-3-13-26-19/h1-2,4-9,19-20,23H,3,10-14H2/t19-,20-/m0/s1. The van der Waals surface area contributed by atoms with Crippen LogP contribution in [0.15, 0.2) is 48.5 Å². The van der Waals surface area contributed by atoms with Crippen molar-refractivity contribution < 1.29 is 13.9 Å². The maximum atomic E-state index is 13.4. The first kappa shape index (κ1) is 17.2. The Bertz CT molecular complexity index is 770. The Labute approximate surface area is 153 Å². The molecule has 2 aliphatic rings. The molecule has 0 bridgehead atoms. The van der Waals surface area contributed by atoms with Crippen LogP contribution in [0.5, 0.6) is 0 Å². The molecule has 1 saturated heterocycles. The van der Waals surface area contributed by atoms with Crippen LogP contribution in [0.2, 0.25) is 0 Å². The molecular weight excluding hydrogens is 331 g/mol. The Balaban J connectivity index is 1.70. The van der Waals surface area contributed by atoms with Crippen molar-refractivity contribution in [1.29, 1.82) is 0 Å². The summed E-state index contributed by atoms with van der Waals surface area (Å²) in [4.78, 5) is 15.1. The average Bonchev–Trinajstić information content (AvgIpc) is 2.97. The predicted molar refractivity (Wildman–Crippen MR) is 97.3 cm³/mol. The van der Waals surface area contributed by atoms with Crippen LogP contribution < -0.4 is 5.32 Å². The number of hydrogen-bond donors (Lipinski definition) is 1. The number of nitrogens with zero attached hydrogens (tertiary/aromatic N) is 1. The summed E-state index contributed by atoms with van der Waals surface area (Å²) in [6, 6.07) is 14.4. The molecule has 2 aromatic carbocycles. The average molecular weight is 354 g/mol. The first-order valence-corrected chi connectivity index (χ1v) is 9.20. The molecule has 0 spiro atoms. The minimum Gasteiger partial charge on any atom is -0.367 e. The van der Waals surface area contributed by atoms with Gasteiger partial charge in [0.25, 0.3) is 5.91 Å². The van der Waals surface area contributed by atoms with E-state index >= 15 is 0 Å². The quantitative estimate of drug-likeness (QED) is 0.902. The van der Waals surface area contributed by atoms with E-state index < -0.39 is 6.10 Å². The topological polar surface area (TPSA) is 41.6 Å². The van der Waals surface area contributed by atoms with E-state index in [4.69, 9.17) is 4.74 Å². The van der Waals surface area contributed by atoms with Crippen molar-refractivity contribution in [3.05, 3.63) is 71.0 Å². The van der Waals surface area contributed by atoms with Crippen molar-refractivity contribution in [2.75, 3.05) is 26.2 Å². The number of hydrogen-bond acceptors (Lipinski definition) is 3. The fraction of sp³-hybridized carbons (Fsp3) is 0.381. The molecule has 1 N–H and O–H groups in total. The monoisotopic (exact) mass is 354 g/mol. The van der Waals surface area contributed by atoms with Gasteiger partial charge in [-0.1, -0.05) is 36.4 Å². The summed E-state index contributed by atoms with van der Waals surface area (Å²) in [6.07, 6.45) is 1.26. The van der Waals surface area contributed by atoms with Crippen molar-refractivity contribution in [2.24, 2.45) is 0 Å². The van der Waals surface area contributed by atoms with Gasteiger partial charge in [0.1, 0.15) is 11.9 Å². The Kier molecular flexibility index (Phi) is 5.00. The number of ether oxygens (including phenoxy) is 1. The molecule has 4 nitrogen and oxygen atoms in total. The number of rotatable bonds is 2. The van der Waals surface area contributed by atoms with Crippen molar-refractivity contribution in [1.82, 2.24) is 10.2 Å². The third kappa shape index (κ3) is 3.37. The van der Waals surface area contributed by atoms with Crippen LogP contribution in [0.4, 0.5) is 4.39 Å². The van der Waals surface area contributed by atoms with Crippen LogP contribution in [0.1, 0.15) is 29.2 Å². The second-order valence-electron chi connectivity index (χ2n) is 6.85. The summed E-state index contributed by atoms with van der Waals surface area (Å²) in [6.45, 7) is 2.63. The zero-order chi connectivity index (χ0) is 17.9. The zero-order valence-corrected chi connectivity index (χ0v) is 14.7. The summed E-state index contributed by atoms with van der Waals surface area (Å²) < 4.78 is 19.2. The molecule has 136 valence electrons. The summed E-state index contributed by atoms with van der Waals surface area (Å²) in [5.74, 6) is -0.268. The fourth-order valence-electron chi connectivity index (χ4n) is 3.87. The Hall–Kier alpha value is -2.24. The van der Waals surface area contributed by atoms with Gasteiger partial charge in [-0.15, -0.1) is 0 Å². The predicted octanol–water partition coefficient (Wildman–Crippen LogP) is 2.68. The van der Waals surface area contributed by atoms with Crippen LogP contribution >= 0.6 is 0 Å². The third-order valence-electron chi connectivity index (χ3n) is 5.17. The maximum absolute atomic E-state index is 13.4. The van der Waals surface area contributed by atoms with Gasteiger partial charge in [0, 0.05) is 19.7 Å². The lowest BCUT2D eigenvalue weighted by Gasteiger charge is -2.39. The molecule has 2 atom stereocenters. The molecule has 2 aliphatic heterocycles. The van der Waals surface area contributed by atoms with E-state index in [0.717, 1.165) is 30.5 Å². The molecule has 2 heterocycles. The van der Waals surface area contributed by atoms with Crippen LogP contribution in [0, 0.1) is 5.82 Å². The number of carbonyl (C=O) groups excluding carboxylic acids is 1. The fourth-order valence-corrected chi connectivity index (χ4v) is 3.87. The lowest BCUT2D eigenvalue weighted by atomic mass is 9.88. The molecular formula is C21H23FN2O2. The molecule has 2 aromatic rings. The van der Waals surface area contributed by atoms with E-state index in [-0.39, 0.29) is 17.8 Å². The Morgan fingerprint density at radius 3 is 2.81 bits per heavy atom. The largest absolute Gasteiger partial charge is 0.367 e. The Morgan fingerprint density at radius 1 is 1.15 bits per heavy atom. The van der Waals surface area contributed by atoms with Crippen LogP contribution in [0.3, 0.4) is 0 Å².